The smallest absolute Gasteiger partial charge is 0.295 e. The quantitative estimate of drug-likeness (QED) is 0.528. The van der Waals surface area contributed by atoms with Crippen molar-refractivity contribution in [3.8, 4) is 16.9 Å². The Hall–Kier alpha value is -2.66. The molecule has 0 N–H and O–H groups in total. The first-order valence-electron chi connectivity index (χ1n) is 6.47. The van der Waals surface area contributed by atoms with Crippen LogP contribution in [0.15, 0.2) is 48.7 Å². The molecule has 0 bridgehead atoms. The highest BCUT2D eigenvalue weighted by Crippen LogP contribution is 2.37. The summed E-state index contributed by atoms with van der Waals surface area (Å²) in [7, 11) is 1.55. The monoisotopic (exact) mass is 314 g/mol. The van der Waals surface area contributed by atoms with Crippen LogP contribution in [0.25, 0.3) is 22.0 Å². The Kier molecular flexibility index (Phi) is 3.65. The SMILES string of the molecule is COc1cccc(-c2c([N+](=O)[O-])cnc3ccc(Cl)cc23)c1. The van der Waals surface area contributed by atoms with Gasteiger partial charge in [-0.15, -0.1) is 0 Å². The van der Waals surface area contributed by atoms with E-state index in [0.29, 0.717) is 32.8 Å². The van der Waals surface area contributed by atoms with E-state index < -0.39 is 4.92 Å². The fourth-order valence-electron chi connectivity index (χ4n) is 2.37. The molecule has 5 nitrogen and oxygen atoms in total. The minimum absolute atomic E-state index is 0.0666. The van der Waals surface area contributed by atoms with E-state index >= 15 is 0 Å². The number of rotatable bonds is 3. The molecule has 0 radical (unpaired) electrons. The molecule has 0 unspecified atom stereocenters. The fourth-order valence-corrected chi connectivity index (χ4v) is 2.55. The normalized spacial score (nSPS) is 10.6. The molecule has 2 aromatic carbocycles. The zero-order valence-corrected chi connectivity index (χ0v) is 12.4. The number of aromatic nitrogens is 1. The Morgan fingerprint density at radius 3 is 2.77 bits per heavy atom. The maximum absolute atomic E-state index is 11.4. The number of hydrogen-bond donors (Lipinski definition) is 0. The molecule has 1 aromatic heterocycles. The molecule has 0 fully saturated rings. The molecule has 0 aliphatic carbocycles. The van der Waals surface area contributed by atoms with Crippen molar-refractivity contribution < 1.29 is 9.66 Å². The van der Waals surface area contributed by atoms with Gasteiger partial charge in [-0.3, -0.25) is 10.1 Å². The maximum Gasteiger partial charge on any atom is 0.295 e. The Balaban J connectivity index is 2.39. The van der Waals surface area contributed by atoms with Crippen molar-refractivity contribution in [3.05, 3.63) is 63.8 Å². The number of pyridine rings is 1. The molecule has 3 aromatic rings. The van der Waals surface area contributed by atoms with Gasteiger partial charge in [-0.05, 0) is 35.9 Å². The highest BCUT2D eigenvalue weighted by molar-refractivity contribution is 6.31. The van der Waals surface area contributed by atoms with Gasteiger partial charge in [0.25, 0.3) is 5.69 Å². The lowest BCUT2D eigenvalue weighted by atomic mass is 9.99. The molecule has 0 aliphatic heterocycles. The van der Waals surface area contributed by atoms with Crippen molar-refractivity contribution in [3.63, 3.8) is 0 Å². The van der Waals surface area contributed by atoms with Crippen LogP contribution in [0.1, 0.15) is 0 Å². The summed E-state index contributed by atoms with van der Waals surface area (Å²) in [5.41, 5.74) is 1.74. The van der Waals surface area contributed by atoms with Crippen LogP contribution in [-0.2, 0) is 0 Å². The van der Waals surface area contributed by atoms with Crippen LogP contribution in [0.2, 0.25) is 5.02 Å². The summed E-state index contributed by atoms with van der Waals surface area (Å²) in [4.78, 5) is 15.1. The lowest BCUT2D eigenvalue weighted by Crippen LogP contribution is -1.95. The van der Waals surface area contributed by atoms with Crippen molar-refractivity contribution >= 4 is 28.2 Å². The third kappa shape index (κ3) is 2.46. The molecule has 0 atom stereocenters. The third-order valence-corrected chi connectivity index (χ3v) is 3.60. The minimum atomic E-state index is -0.442. The zero-order valence-electron chi connectivity index (χ0n) is 11.6. The Morgan fingerprint density at radius 2 is 2.05 bits per heavy atom. The van der Waals surface area contributed by atoms with Gasteiger partial charge in [-0.1, -0.05) is 23.7 Å². The predicted octanol–water partition coefficient (Wildman–Crippen LogP) is 4.47. The van der Waals surface area contributed by atoms with Crippen LogP contribution in [0.3, 0.4) is 0 Å². The van der Waals surface area contributed by atoms with Gasteiger partial charge in [0.15, 0.2) is 0 Å². The van der Waals surface area contributed by atoms with Crippen LogP contribution < -0.4 is 4.74 Å². The van der Waals surface area contributed by atoms with Crippen LogP contribution in [0.5, 0.6) is 5.75 Å². The van der Waals surface area contributed by atoms with Gasteiger partial charge in [-0.2, -0.15) is 0 Å². The van der Waals surface area contributed by atoms with Gasteiger partial charge in [-0.25, -0.2) is 4.98 Å². The molecular formula is C16H11ClN2O3. The number of methoxy groups -OCH3 is 1. The van der Waals surface area contributed by atoms with Crippen molar-refractivity contribution in [2.24, 2.45) is 0 Å². The zero-order chi connectivity index (χ0) is 15.7. The molecule has 110 valence electrons. The molecular weight excluding hydrogens is 304 g/mol. The van der Waals surface area contributed by atoms with Gasteiger partial charge >= 0.3 is 0 Å². The van der Waals surface area contributed by atoms with Crippen molar-refractivity contribution in [1.29, 1.82) is 0 Å². The number of nitrogens with zero attached hydrogens (tertiary/aromatic N) is 2. The summed E-state index contributed by atoms with van der Waals surface area (Å²) in [6, 6.07) is 12.3. The topological polar surface area (TPSA) is 65.3 Å². The number of nitro groups is 1. The van der Waals surface area contributed by atoms with E-state index in [1.165, 1.54) is 6.20 Å². The fraction of sp³-hybridized carbons (Fsp3) is 0.0625. The molecule has 0 aliphatic rings. The largest absolute Gasteiger partial charge is 0.497 e. The van der Waals surface area contributed by atoms with E-state index in [1.807, 2.05) is 0 Å². The lowest BCUT2D eigenvalue weighted by molar-refractivity contribution is -0.384. The third-order valence-electron chi connectivity index (χ3n) is 3.37. The van der Waals surface area contributed by atoms with Crippen molar-refractivity contribution in [2.45, 2.75) is 0 Å². The standard InChI is InChI=1S/C16H11ClN2O3/c1-22-12-4-2-3-10(7-12)16-13-8-11(17)5-6-14(13)18-9-15(16)19(20)21/h2-9H,1H3. The molecule has 22 heavy (non-hydrogen) atoms. The highest BCUT2D eigenvalue weighted by atomic mass is 35.5. The lowest BCUT2D eigenvalue weighted by Gasteiger charge is -2.09. The van der Waals surface area contributed by atoms with Crippen LogP contribution in [-0.4, -0.2) is 17.0 Å². The van der Waals surface area contributed by atoms with Gasteiger partial charge in [0.05, 0.1) is 23.1 Å². The molecule has 1 heterocycles. The maximum atomic E-state index is 11.4. The van der Waals surface area contributed by atoms with Crippen LogP contribution in [0.4, 0.5) is 5.69 Å². The molecule has 6 heteroatoms. The summed E-state index contributed by atoms with van der Waals surface area (Å²) in [6.07, 6.45) is 1.27. The summed E-state index contributed by atoms with van der Waals surface area (Å²) < 4.78 is 5.20. The summed E-state index contributed by atoms with van der Waals surface area (Å²) in [6.45, 7) is 0. The van der Waals surface area contributed by atoms with Gasteiger partial charge in [0.1, 0.15) is 11.9 Å². The Morgan fingerprint density at radius 1 is 1.23 bits per heavy atom. The molecule has 0 saturated heterocycles. The van der Waals surface area contributed by atoms with E-state index in [9.17, 15) is 10.1 Å². The summed E-state index contributed by atoms with van der Waals surface area (Å²) >= 11 is 6.05. The summed E-state index contributed by atoms with van der Waals surface area (Å²) in [5, 5.41) is 12.5. The van der Waals surface area contributed by atoms with E-state index in [1.54, 1.807) is 49.6 Å². The Bertz CT molecular complexity index is 880. The van der Waals surface area contributed by atoms with Gasteiger partial charge in [0.2, 0.25) is 0 Å². The first-order valence-corrected chi connectivity index (χ1v) is 6.85. The average Bonchev–Trinajstić information content (AvgIpc) is 2.53. The van der Waals surface area contributed by atoms with E-state index in [4.69, 9.17) is 16.3 Å². The summed E-state index contributed by atoms with van der Waals surface area (Å²) in [5.74, 6) is 0.624. The number of hydrogen-bond acceptors (Lipinski definition) is 4. The first kappa shape index (κ1) is 14.3. The average molecular weight is 315 g/mol. The number of ether oxygens (including phenoxy) is 1. The molecule has 0 saturated carbocycles. The van der Waals surface area contributed by atoms with E-state index in [-0.39, 0.29) is 5.69 Å². The van der Waals surface area contributed by atoms with Gasteiger partial charge in [0, 0.05) is 10.4 Å². The predicted molar refractivity (Wildman–Crippen MR) is 85.4 cm³/mol. The minimum Gasteiger partial charge on any atom is -0.497 e. The van der Waals surface area contributed by atoms with Crippen LogP contribution in [0, 0.1) is 10.1 Å². The van der Waals surface area contributed by atoms with Gasteiger partial charge < -0.3 is 4.74 Å². The van der Waals surface area contributed by atoms with E-state index in [0.717, 1.165) is 0 Å². The van der Waals surface area contributed by atoms with Crippen LogP contribution >= 0.6 is 11.6 Å². The van der Waals surface area contributed by atoms with Crippen molar-refractivity contribution in [1.82, 2.24) is 4.98 Å². The first-order chi connectivity index (χ1) is 10.6. The second kappa shape index (κ2) is 5.61. The van der Waals surface area contributed by atoms with E-state index in [2.05, 4.69) is 4.98 Å². The second-order valence-electron chi connectivity index (χ2n) is 4.67. The molecule has 0 amide bonds. The number of halogens is 1. The number of benzene rings is 2. The highest BCUT2D eigenvalue weighted by Gasteiger charge is 2.20. The number of fused-ring (bicyclic) bond motifs is 1. The second-order valence-corrected chi connectivity index (χ2v) is 5.11. The Labute approximate surface area is 131 Å². The molecule has 3 rings (SSSR count). The van der Waals surface area contributed by atoms with Crippen molar-refractivity contribution in [2.75, 3.05) is 7.11 Å². The molecule has 0 spiro atoms.